The summed E-state index contributed by atoms with van der Waals surface area (Å²) in [5, 5.41) is 9.08. The molecule has 1 aromatic carbocycles. The van der Waals surface area contributed by atoms with Crippen LogP contribution < -0.4 is 0 Å². The lowest BCUT2D eigenvalue weighted by Crippen LogP contribution is -2.17. The third-order valence-electron chi connectivity index (χ3n) is 1.74. The topological polar surface area (TPSA) is 66.8 Å². The maximum Gasteiger partial charge on any atom is 0.332 e. The number of phenolic OH excluding ortho intramolecular Hbond substituents is 1. The number of phenols is 1. The van der Waals surface area contributed by atoms with E-state index >= 15 is 0 Å². The lowest BCUT2D eigenvalue weighted by molar-refractivity contribution is 0.111. The van der Waals surface area contributed by atoms with Crippen LogP contribution in [0.1, 0.15) is 26.3 Å². The highest BCUT2D eigenvalue weighted by Crippen LogP contribution is 2.49. The molecule has 1 unspecified atom stereocenters. The van der Waals surface area contributed by atoms with Gasteiger partial charge >= 0.3 is 7.60 Å². The van der Waals surface area contributed by atoms with Crippen molar-refractivity contribution in [3.05, 3.63) is 29.8 Å². The number of rotatable bonds is 3. The summed E-state index contributed by atoms with van der Waals surface area (Å²) in [4.78, 5) is 9.64. The van der Waals surface area contributed by atoms with Crippen LogP contribution in [0.4, 0.5) is 0 Å². The van der Waals surface area contributed by atoms with E-state index in [4.69, 9.17) is 9.63 Å². The Hall–Kier alpha value is -0.830. The molecule has 5 heteroatoms. The molecule has 16 heavy (non-hydrogen) atoms. The molecule has 0 saturated heterocycles. The summed E-state index contributed by atoms with van der Waals surface area (Å²) in [5.74, 6) is 0.133. The Bertz CT molecular complexity index is 391. The summed E-state index contributed by atoms with van der Waals surface area (Å²) in [6, 6.07) is 6.16. The van der Waals surface area contributed by atoms with Gasteiger partial charge in [-0.15, -0.1) is 0 Å². The normalized spacial score (nSPS) is 15.8. The monoisotopic (exact) mass is 244 g/mol. The smallest absolute Gasteiger partial charge is 0.332 e. The highest BCUT2D eigenvalue weighted by atomic mass is 31.2. The van der Waals surface area contributed by atoms with E-state index in [0.29, 0.717) is 5.56 Å². The largest absolute Gasteiger partial charge is 0.508 e. The van der Waals surface area contributed by atoms with Crippen LogP contribution in [0.15, 0.2) is 24.3 Å². The van der Waals surface area contributed by atoms with Crippen molar-refractivity contribution in [2.24, 2.45) is 0 Å². The number of benzene rings is 1. The van der Waals surface area contributed by atoms with Gasteiger partial charge in [-0.25, -0.2) is 0 Å². The molecule has 0 aromatic heterocycles. The van der Waals surface area contributed by atoms with E-state index in [9.17, 15) is 9.46 Å². The maximum absolute atomic E-state index is 11.8. The maximum atomic E-state index is 11.8. The minimum Gasteiger partial charge on any atom is -0.508 e. The van der Waals surface area contributed by atoms with E-state index in [1.807, 2.05) is 0 Å². The lowest BCUT2D eigenvalue weighted by atomic mass is 10.2. The van der Waals surface area contributed by atoms with Crippen molar-refractivity contribution in [1.29, 1.82) is 0 Å². The van der Waals surface area contributed by atoms with E-state index in [-0.39, 0.29) is 11.9 Å². The van der Waals surface area contributed by atoms with Crippen molar-refractivity contribution in [3.8, 4) is 5.75 Å². The zero-order valence-corrected chi connectivity index (χ0v) is 10.6. The van der Waals surface area contributed by atoms with Crippen LogP contribution >= 0.6 is 7.60 Å². The summed E-state index contributed by atoms with van der Waals surface area (Å²) in [5.41, 5.74) is 0.00849. The van der Waals surface area contributed by atoms with Crippen LogP contribution in [0.3, 0.4) is 0 Å². The molecule has 0 aliphatic rings. The van der Waals surface area contributed by atoms with Crippen LogP contribution in [0.2, 0.25) is 0 Å². The highest BCUT2D eigenvalue weighted by molar-refractivity contribution is 7.52. The third kappa shape index (κ3) is 4.79. The van der Waals surface area contributed by atoms with E-state index in [1.54, 1.807) is 32.9 Å². The van der Waals surface area contributed by atoms with Gasteiger partial charge in [0.2, 0.25) is 0 Å². The summed E-state index contributed by atoms with van der Waals surface area (Å²) in [6.45, 7) is 5.19. The molecule has 4 nitrogen and oxygen atoms in total. The van der Waals surface area contributed by atoms with Crippen molar-refractivity contribution >= 4 is 7.60 Å². The van der Waals surface area contributed by atoms with E-state index in [0.717, 1.165) is 0 Å². The molecule has 0 fully saturated rings. The van der Waals surface area contributed by atoms with Crippen LogP contribution in [-0.2, 0) is 15.3 Å². The lowest BCUT2D eigenvalue weighted by Gasteiger charge is -2.23. The SMILES string of the molecule is CC(C)(C)OP(=O)(O)Cc1ccc(O)cc1. The first-order valence-electron chi connectivity index (χ1n) is 4.98. The molecule has 1 aromatic rings. The van der Waals surface area contributed by atoms with Crippen LogP contribution in [0.25, 0.3) is 0 Å². The van der Waals surface area contributed by atoms with Gasteiger partial charge < -0.3 is 14.5 Å². The second-order valence-corrected chi connectivity index (χ2v) is 6.44. The van der Waals surface area contributed by atoms with Crippen molar-refractivity contribution in [2.75, 3.05) is 0 Å². The van der Waals surface area contributed by atoms with Crippen LogP contribution in [0, 0.1) is 0 Å². The first-order chi connectivity index (χ1) is 7.18. The minimum atomic E-state index is -3.63. The number of aromatic hydroxyl groups is 1. The Morgan fingerprint density at radius 1 is 1.25 bits per heavy atom. The van der Waals surface area contributed by atoms with Gasteiger partial charge in [0.1, 0.15) is 5.75 Å². The van der Waals surface area contributed by atoms with Gasteiger partial charge in [-0.05, 0) is 38.5 Å². The standard InChI is InChI=1S/C11H17O4P/c1-11(2,3)15-16(13,14)8-9-4-6-10(12)7-5-9/h4-7,12H,8H2,1-3H3,(H,13,14). The second kappa shape index (κ2) is 4.58. The molecule has 0 heterocycles. The summed E-state index contributed by atoms with van der Waals surface area (Å²) in [6.07, 6.45) is -0.0510. The van der Waals surface area contributed by atoms with Crippen LogP contribution in [-0.4, -0.2) is 15.6 Å². The van der Waals surface area contributed by atoms with Gasteiger partial charge in [-0.3, -0.25) is 4.57 Å². The van der Waals surface area contributed by atoms with Crippen molar-refractivity contribution in [2.45, 2.75) is 32.5 Å². The number of hydrogen-bond acceptors (Lipinski definition) is 3. The highest BCUT2D eigenvalue weighted by Gasteiger charge is 2.27. The molecule has 2 N–H and O–H groups in total. The van der Waals surface area contributed by atoms with E-state index in [2.05, 4.69) is 0 Å². The fourth-order valence-corrected chi connectivity index (χ4v) is 2.88. The zero-order chi connectivity index (χ0) is 12.4. The summed E-state index contributed by atoms with van der Waals surface area (Å²) in [7, 11) is -3.63. The molecule has 1 rings (SSSR count). The fourth-order valence-electron chi connectivity index (χ4n) is 1.29. The summed E-state index contributed by atoms with van der Waals surface area (Å²) < 4.78 is 16.9. The second-order valence-electron chi connectivity index (χ2n) is 4.67. The minimum absolute atomic E-state index is 0.0510. The first kappa shape index (κ1) is 13.2. The number of hydrogen-bond donors (Lipinski definition) is 2. The van der Waals surface area contributed by atoms with Gasteiger partial charge in [-0.2, -0.15) is 0 Å². The molecule has 0 radical (unpaired) electrons. The molecule has 0 amide bonds. The average Bonchev–Trinajstić information content (AvgIpc) is 2.04. The molecular formula is C11H17O4P. The predicted molar refractivity (Wildman–Crippen MR) is 62.5 cm³/mol. The predicted octanol–water partition coefficient (Wildman–Crippen LogP) is 2.89. The molecule has 0 aliphatic heterocycles. The molecular weight excluding hydrogens is 227 g/mol. The molecule has 90 valence electrons. The molecule has 0 saturated carbocycles. The Kier molecular flexibility index (Phi) is 3.79. The molecule has 1 atom stereocenters. The van der Waals surface area contributed by atoms with Crippen molar-refractivity contribution < 1.29 is 19.1 Å². The van der Waals surface area contributed by atoms with Gasteiger partial charge in [0.05, 0.1) is 11.8 Å². The van der Waals surface area contributed by atoms with E-state index < -0.39 is 13.2 Å². The first-order valence-corrected chi connectivity index (χ1v) is 6.75. The van der Waals surface area contributed by atoms with Gasteiger partial charge in [0.25, 0.3) is 0 Å². The average molecular weight is 244 g/mol. The zero-order valence-electron chi connectivity index (χ0n) is 9.67. The Morgan fingerprint density at radius 2 is 1.75 bits per heavy atom. The van der Waals surface area contributed by atoms with Crippen molar-refractivity contribution in [3.63, 3.8) is 0 Å². The Morgan fingerprint density at radius 3 is 2.19 bits per heavy atom. The van der Waals surface area contributed by atoms with Crippen LogP contribution in [0.5, 0.6) is 5.75 Å². The quantitative estimate of drug-likeness (QED) is 0.802. The third-order valence-corrected chi connectivity index (χ3v) is 3.33. The van der Waals surface area contributed by atoms with E-state index in [1.165, 1.54) is 12.1 Å². The van der Waals surface area contributed by atoms with Crippen molar-refractivity contribution in [1.82, 2.24) is 0 Å². The van der Waals surface area contributed by atoms with Gasteiger partial charge in [0, 0.05) is 0 Å². The van der Waals surface area contributed by atoms with Gasteiger partial charge in [-0.1, -0.05) is 12.1 Å². The molecule has 0 bridgehead atoms. The van der Waals surface area contributed by atoms with Gasteiger partial charge in [0.15, 0.2) is 0 Å². The summed E-state index contributed by atoms with van der Waals surface area (Å²) >= 11 is 0. The molecule has 0 spiro atoms. The fraction of sp³-hybridized carbons (Fsp3) is 0.455. The Balaban J connectivity index is 2.73. The molecule has 0 aliphatic carbocycles. The Labute approximate surface area is 95.4 Å².